The van der Waals surface area contributed by atoms with E-state index in [2.05, 4.69) is 0 Å². The Hall–Kier alpha value is -3.21. The number of hydrogen-bond acceptors (Lipinski definition) is 3. The first-order valence-electron chi connectivity index (χ1n) is 8.85. The molecule has 0 aliphatic carbocycles. The van der Waals surface area contributed by atoms with Crippen LogP contribution in [0.3, 0.4) is 0 Å². The van der Waals surface area contributed by atoms with Crippen LogP contribution in [0.4, 0.5) is 0 Å². The van der Waals surface area contributed by atoms with Crippen molar-refractivity contribution in [1.82, 2.24) is 9.47 Å². The Morgan fingerprint density at radius 2 is 1.70 bits per heavy atom. The molecule has 0 bridgehead atoms. The molecule has 0 aliphatic rings. The third-order valence-corrected chi connectivity index (χ3v) is 4.44. The van der Waals surface area contributed by atoms with Crippen LogP contribution in [0.25, 0.3) is 5.69 Å². The third-order valence-electron chi connectivity index (χ3n) is 4.44. The minimum Gasteiger partial charge on any atom is -0.497 e. The quantitative estimate of drug-likeness (QED) is 0.638. The number of carbonyl (C=O) groups is 1. The molecular formula is C22H24N2O3. The van der Waals surface area contributed by atoms with Crippen molar-refractivity contribution in [1.29, 1.82) is 0 Å². The maximum atomic E-state index is 12.7. The highest BCUT2D eigenvalue weighted by Crippen LogP contribution is 2.18. The Morgan fingerprint density at radius 1 is 1.04 bits per heavy atom. The molecule has 0 saturated carbocycles. The monoisotopic (exact) mass is 364 g/mol. The average Bonchev–Trinajstić information content (AvgIpc) is 3.23. The third kappa shape index (κ3) is 4.50. The smallest absolute Gasteiger partial charge is 0.253 e. The van der Waals surface area contributed by atoms with Crippen LogP contribution in [0.1, 0.15) is 15.9 Å². The summed E-state index contributed by atoms with van der Waals surface area (Å²) >= 11 is 0. The molecule has 0 atom stereocenters. The fourth-order valence-corrected chi connectivity index (χ4v) is 2.81. The van der Waals surface area contributed by atoms with Crippen molar-refractivity contribution in [3.63, 3.8) is 0 Å². The van der Waals surface area contributed by atoms with Crippen molar-refractivity contribution < 1.29 is 14.3 Å². The summed E-state index contributed by atoms with van der Waals surface area (Å²) in [5.41, 5.74) is 2.79. The molecule has 140 valence electrons. The largest absolute Gasteiger partial charge is 0.497 e. The van der Waals surface area contributed by atoms with Crippen LogP contribution in [0, 0.1) is 6.92 Å². The first-order chi connectivity index (χ1) is 13.1. The van der Waals surface area contributed by atoms with Crippen LogP contribution >= 0.6 is 0 Å². The lowest BCUT2D eigenvalue weighted by atomic mass is 10.1. The highest BCUT2D eigenvalue weighted by atomic mass is 16.5. The van der Waals surface area contributed by atoms with E-state index in [0.29, 0.717) is 18.7 Å². The summed E-state index contributed by atoms with van der Waals surface area (Å²) in [5.74, 6) is 1.51. The number of ether oxygens (including phenoxy) is 2. The van der Waals surface area contributed by atoms with Crippen molar-refractivity contribution in [2.45, 2.75) is 6.92 Å². The van der Waals surface area contributed by atoms with Gasteiger partial charge in [-0.05, 0) is 61.0 Å². The maximum Gasteiger partial charge on any atom is 0.253 e. The van der Waals surface area contributed by atoms with E-state index in [1.54, 1.807) is 19.1 Å². The second-order valence-corrected chi connectivity index (χ2v) is 6.34. The number of rotatable bonds is 7. The van der Waals surface area contributed by atoms with Gasteiger partial charge in [0.2, 0.25) is 0 Å². The average molecular weight is 364 g/mol. The maximum absolute atomic E-state index is 12.7. The number of likely N-dealkylation sites (N-methyl/N-ethyl adjacent to an activating group) is 1. The number of amides is 1. The Morgan fingerprint density at radius 3 is 2.37 bits per heavy atom. The van der Waals surface area contributed by atoms with E-state index in [1.165, 1.54) is 0 Å². The zero-order valence-corrected chi connectivity index (χ0v) is 15.9. The van der Waals surface area contributed by atoms with Gasteiger partial charge in [0.25, 0.3) is 5.91 Å². The molecule has 0 unspecified atom stereocenters. The van der Waals surface area contributed by atoms with Gasteiger partial charge in [0.15, 0.2) is 0 Å². The highest BCUT2D eigenvalue weighted by Gasteiger charge is 2.13. The summed E-state index contributed by atoms with van der Waals surface area (Å²) in [6.07, 6.45) is 3.95. The topological polar surface area (TPSA) is 43.7 Å². The molecule has 0 spiro atoms. The second-order valence-electron chi connectivity index (χ2n) is 6.34. The van der Waals surface area contributed by atoms with E-state index in [9.17, 15) is 4.79 Å². The van der Waals surface area contributed by atoms with Crippen LogP contribution in [-0.4, -0.2) is 42.7 Å². The van der Waals surface area contributed by atoms with Gasteiger partial charge in [0.1, 0.15) is 18.1 Å². The van der Waals surface area contributed by atoms with Crippen LogP contribution < -0.4 is 9.47 Å². The lowest BCUT2D eigenvalue weighted by Gasteiger charge is -2.19. The molecule has 0 fully saturated rings. The molecule has 3 rings (SSSR count). The predicted octanol–water partition coefficient (Wildman–Crippen LogP) is 3.95. The minimum atomic E-state index is -0.0262. The summed E-state index contributed by atoms with van der Waals surface area (Å²) in [7, 11) is 3.41. The van der Waals surface area contributed by atoms with E-state index < -0.39 is 0 Å². The van der Waals surface area contributed by atoms with Crippen LogP contribution in [0.15, 0.2) is 67.0 Å². The van der Waals surface area contributed by atoms with Gasteiger partial charge in [-0.25, -0.2) is 0 Å². The van der Waals surface area contributed by atoms with Crippen molar-refractivity contribution in [2.75, 3.05) is 27.3 Å². The second kappa shape index (κ2) is 8.45. The van der Waals surface area contributed by atoms with Crippen LogP contribution in [0.5, 0.6) is 11.5 Å². The molecule has 0 saturated heterocycles. The van der Waals surface area contributed by atoms with Crippen molar-refractivity contribution in [3.05, 3.63) is 78.1 Å². The number of hydrogen-bond donors (Lipinski definition) is 0. The Kier molecular flexibility index (Phi) is 5.81. The van der Waals surface area contributed by atoms with Gasteiger partial charge in [-0.2, -0.15) is 0 Å². The van der Waals surface area contributed by atoms with E-state index in [1.807, 2.05) is 78.5 Å². The first kappa shape index (κ1) is 18.6. The molecule has 3 aromatic rings. The number of carbonyl (C=O) groups excluding carboxylic acids is 1. The molecule has 27 heavy (non-hydrogen) atoms. The molecule has 5 heteroatoms. The normalized spacial score (nSPS) is 10.5. The molecule has 0 aliphatic heterocycles. The molecular weight excluding hydrogens is 340 g/mol. The van der Waals surface area contributed by atoms with Gasteiger partial charge < -0.3 is 18.9 Å². The van der Waals surface area contributed by atoms with Crippen molar-refractivity contribution in [2.24, 2.45) is 0 Å². The Balaban J connectivity index is 1.60. The highest BCUT2D eigenvalue weighted by molar-refractivity contribution is 5.94. The number of methoxy groups -OCH3 is 1. The van der Waals surface area contributed by atoms with Gasteiger partial charge in [-0.1, -0.05) is 6.07 Å². The Bertz CT molecular complexity index is 886. The summed E-state index contributed by atoms with van der Waals surface area (Å²) in [6, 6.07) is 17.1. The SMILES string of the molecule is COc1ccc(OCCN(C)C(=O)c2ccc(C)c(-n3cccc3)c2)cc1. The number of aromatic nitrogens is 1. The zero-order valence-electron chi connectivity index (χ0n) is 15.9. The molecule has 5 nitrogen and oxygen atoms in total. The van der Waals surface area contributed by atoms with Crippen molar-refractivity contribution in [3.8, 4) is 17.2 Å². The van der Waals surface area contributed by atoms with Gasteiger partial charge in [0.05, 0.1) is 13.7 Å². The standard InChI is InChI=1S/C22H24N2O3/c1-17-6-7-18(16-21(17)24-12-4-5-13-24)22(25)23(2)14-15-27-20-10-8-19(26-3)9-11-20/h4-13,16H,14-15H2,1-3H3. The van der Waals surface area contributed by atoms with Crippen molar-refractivity contribution >= 4 is 5.91 Å². The number of aryl methyl sites for hydroxylation is 1. The number of benzene rings is 2. The van der Waals surface area contributed by atoms with E-state index in [4.69, 9.17) is 9.47 Å². The summed E-state index contributed by atoms with van der Waals surface area (Å²) in [4.78, 5) is 14.4. The first-order valence-corrected chi connectivity index (χ1v) is 8.85. The van der Waals surface area contributed by atoms with Crippen LogP contribution in [-0.2, 0) is 0 Å². The molecule has 2 aromatic carbocycles. The number of nitrogens with zero attached hydrogens (tertiary/aromatic N) is 2. The lowest BCUT2D eigenvalue weighted by Crippen LogP contribution is -2.31. The van der Waals surface area contributed by atoms with Crippen LogP contribution in [0.2, 0.25) is 0 Å². The Labute approximate surface area is 159 Å². The summed E-state index contributed by atoms with van der Waals surface area (Å²) in [5, 5.41) is 0. The fraction of sp³-hybridized carbons (Fsp3) is 0.227. The summed E-state index contributed by atoms with van der Waals surface area (Å²) < 4.78 is 12.9. The van der Waals surface area contributed by atoms with Gasteiger partial charge in [-0.3, -0.25) is 4.79 Å². The zero-order chi connectivity index (χ0) is 19.2. The van der Waals surface area contributed by atoms with E-state index in [0.717, 1.165) is 22.7 Å². The molecule has 0 radical (unpaired) electrons. The molecule has 1 amide bonds. The van der Waals surface area contributed by atoms with Gasteiger partial charge in [0, 0.05) is 30.7 Å². The molecule has 1 heterocycles. The minimum absolute atomic E-state index is 0.0262. The predicted molar refractivity (Wildman–Crippen MR) is 106 cm³/mol. The molecule has 1 aromatic heterocycles. The van der Waals surface area contributed by atoms with Gasteiger partial charge >= 0.3 is 0 Å². The fourth-order valence-electron chi connectivity index (χ4n) is 2.81. The lowest BCUT2D eigenvalue weighted by molar-refractivity contribution is 0.0773. The van der Waals surface area contributed by atoms with E-state index in [-0.39, 0.29) is 5.91 Å². The molecule has 0 N–H and O–H groups in total. The van der Waals surface area contributed by atoms with Gasteiger partial charge in [-0.15, -0.1) is 0 Å². The summed E-state index contributed by atoms with van der Waals surface area (Å²) in [6.45, 7) is 2.96. The van der Waals surface area contributed by atoms with E-state index >= 15 is 0 Å².